The summed E-state index contributed by atoms with van der Waals surface area (Å²) in [6, 6.07) is 5.71. The minimum atomic E-state index is -0.536. The zero-order chi connectivity index (χ0) is 17.1. The highest BCUT2D eigenvalue weighted by Crippen LogP contribution is 2.19. The van der Waals surface area contributed by atoms with Crippen LogP contribution in [-0.2, 0) is 4.79 Å². The van der Waals surface area contributed by atoms with Crippen LogP contribution in [0.1, 0.15) is 0 Å². The fraction of sp³-hybridized carbons (Fsp3) is 0.588. The van der Waals surface area contributed by atoms with Gasteiger partial charge in [0.25, 0.3) is 5.91 Å². The van der Waals surface area contributed by atoms with Gasteiger partial charge in [0.15, 0.2) is 6.61 Å². The van der Waals surface area contributed by atoms with Crippen molar-refractivity contribution in [3.8, 4) is 5.75 Å². The average molecular weight is 337 g/mol. The van der Waals surface area contributed by atoms with Crippen molar-refractivity contribution >= 4 is 5.91 Å². The van der Waals surface area contributed by atoms with Crippen LogP contribution in [0.2, 0.25) is 0 Å². The number of amides is 1. The summed E-state index contributed by atoms with van der Waals surface area (Å²) in [4.78, 5) is 18.4. The molecule has 0 unspecified atom stereocenters. The van der Waals surface area contributed by atoms with Crippen molar-refractivity contribution in [1.29, 1.82) is 0 Å². The lowest BCUT2D eigenvalue weighted by Gasteiger charge is -2.37. The van der Waals surface area contributed by atoms with E-state index in [-0.39, 0.29) is 18.6 Å². The maximum absolute atomic E-state index is 13.1. The number of aliphatic hydroxyl groups is 1. The highest BCUT2D eigenvalue weighted by molar-refractivity contribution is 5.78. The molecule has 2 saturated heterocycles. The van der Waals surface area contributed by atoms with E-state index >= 15 is 0 Å². The number of carbonyl (C=O) groups is 1. The Labute approximate surface area is 141 Å². The Balaban J connectivity index is 1.51. The molecular formula is C17H24FN3O3. The van der Waals surface area contributed by atoms with Crippen LogP contribution < -0.4 is 4.74 Å². The van der Waals surface area contributed by atoms with Crippen molar-refractivity contribution in [3.05, 3.63) is 30.1 Å². The second-order valence-electron chi connectivity index (χ2n) is 6.52. The smallest absolute Gasteiger partial charge is 0.260 e. The summed E-state index contributed by atoms with van der Waals surface area (Å²) < 4.78 is 18.5. The van der Waals surface area contributed by atoms with Crippen LogP contribution in [0.15, 0.2) is 24.3 Å². The molecule has 132 valence electrons. The molecule has 0 spiro atoms. The van der Waals surface area contributed by atoms with Gasteiger partial charge < -0.3 is 19.6 Å². The van der Waals surface area contributed by atoms with Crippen molar-refractivity contribution in [2.75, 3.05) is 52.9 Å². The quantitative estimate of drug-likeness (QED) is 0.840. The third kappa shape index (κ3) is 4.03. The van der Waals surface area contributed by atoms with Crippen LogP contribution in [0.25, 0.3) is 0 Å². The first-order chi connectivity index (χ1) is 11.5. The van der Waals surface area contributed by atoms with Gasteiger partial charge >= 0.3 is 0 Å². The van der Waals surface area contributed by atoms with E-state index in [1.807, 2.05) is 0 Å². The number of likely N-dealkylation sites (N-methyl/N-ethyl adjacent to an activating group) is 1. The number of carbonyl (C=O) groups excluding carboxylic acids is 1. The molecule has 0 bridgehead atoms. The van der Waals surface area contributed by atoms with E-state index in [0.29, 0.717) is 18.8 Å². The van der Waals surface area contributed by atoms with Crippen LogP contribution in [0.4, 0.5) is 4.39 Å². The molecule has 7 heteroatoms. The molecule has 0 radical (unpaired) electrons. The Morgan fingerprint density at radius 2 is 2.04 bits per heavy atom. The Kier molecular flexibility index (Phi) is 5.33. The van der Waals surface area contributed by atoms with Gasteiger partial charge in [-0.3, -0.25) is 9.69 Å². The molecule has 3 rings (SSSR count). The minimum Gasteiger partial charge on any atom is -0.484 e. The number of nitrogens with zero attached hydrogens (tertiary/aromatic N) is 3. The summed E-state index contributed by atoms with van der Waals surface area (Å²) >= 11 is 0. The third-order valence-electron chi connectivity index (χ3n) is 4.78. The van der Waals surface area contributed by atoms with Gasteiger partial charge in [0.1, 0.15) is 11.6 Å². The number of aliphatic hydroxyl groups excluding tert-OH is 1. The number of benzene rings is 1. The lowest BCUT2D eigenvalue weighted by molar-refractivity contribution is -0.132. The summed E-state index contributed by atoms with van der Waals surface area (Å²) in [5, 5.41) is 10.3. The summed E-state index contributed by atoms with van der Waals surface area (Å²) in [6.45, 7) is 4.43. The lowest BCUT2D eigenvalue weighted by Crippen LogP contribution is -2.52. The molecule has 2 aliphatic heterocycles. The monoisotopic (exact) mass is 337 g/mol. The van der Waals surface area contributed by atoms with E-state index in [2.05, 4.69) is 16.8 Å². The largest absolute Gasteiger partial charge is 0.484 e. The molecule has 0 aliphatic carbocycles. The van der Waals surface area contributed by atoms with Crippen molar-refractivity contribution in [3.63, 3.8) is 0 Å². The van der Waals surface area contributed by atoms with Gasteiger partial charge in [0.2, 0.25) is 0 Å². The topological polar surface area (TPSA) is 56.2 Å². The molecule has 2 heterocycles. The number of halogens is 1. The van der Waals surface area contributed by atoms with E-state index in [1.165, 1.54) is 18.2 Å². The standard InChI is InChI=1S/C17H24FN3O3/c1-19-5-7-20(8-6-19)15-10-21(11-16(15)22)17(23)12-24-14-4-2-3-13(18)9-14/h2-4,9,15-16,22H,5-8,10-12H2,1H3/t15-,16-/m0/s1. The number of β-amino-alcohol motifs (C(OH)–C–C–N with tert-alkyl or cyclic N) is 1. The average Bonchev–Trinajstić information content (AvgIpc) is 2.95. The van der Waals surface area contributed by atoms with Gasteiger partial charge in [-0.05, 0) is 19.2 Å². The van der Waals surface area contributed by atoms with Crippen molar-refractivity contribution in [2.24, 2.45) is 0 Å². The number of hydrogen-bond acceptors (Lipinski definition) is 5. The predicted octanol–water partition coefficient (Wildman–Crippen LogP) is 0.0236. The van der Waals surface area contributed by atoms with Crippen LogP contribution in [0.5, 0.6) is 5.75 Å². The molecule has 1 aromatic rings. The van der Waals surface area contributed by atoms with Crippen LogP contribution in [-0.4, -0.2) is 90.8 Å². The summed E-state index contributed by atoms with van der Waals surface area (Å²) in [6.07, 6.45) is -0.536. The normalized spacial score (nSPS) is 25.9. The first-order valence-electron chi connectivity index (χ1n) is 8.30. The van der Waals surface area contributed by atoms with Crippen molar-refractivity contribution in [1.82, 2.24) is 14.7 Å². The molecular weight excluding hydrogens is 313 g/mol. The third-order valence-corrected chi connectivity index (χ3v) is 4.78. The van der Waals surface area contributed by atoms with Gasteiger partial charge in [-0.15, -0.1) is 0 Å². The summed E-state index contributed by atoms with van der Waals surface area (Å²) in [7, 11) is 2.09. The first-order valence-corrected chi connectivity index (χ1v) is 8.30. The number of piperazine rings is 1. The second-order valence-corrected chi connectivity index (χ2v) is 6.52. The number of ether oxygens (including phenoxy) is 1. The summed E-state index contributed by atoms with van der Waals surface area (Å²) in [5.74, 6) is -0.250. The predicted molar refractivity (Wildman–Crippen MR) is 87.3 cm³/mol. The van der Waals surface area contributed by atoms with Gasteiger partial charge in [0.05, 0.1) is 12.1 Å². The fourth-order valence-electron chi connectivity index (χ4n) is 3.28. The van der Waals surface area contributed by atoms with Crippen molar-refractivity contribution in [2.45, 2.75) is 12.1 Å². The molecule has 2 fully saturated rings. The number of likely N-dealkylation sites (tertiary alicyclic amines) is 1. The first kappa shape index (κ1) is 17.1. The maximum atomic E-state index is 13.1. The second kappa shape index (κ2) is 7.46. The van der Waals surface area contributed by atoms with Crippen LogP contribution in [0.3, 0.4) is 0 Å². The van der Waals surface area contributed by atoms with E-state index in [9.17, 15) is 14.3 Å². The van der Waals surface area contributed by atoms with Crippen LogP contribution in [0, 0.1) is 5.82 Å². The Morgan fingerprint density at radius 3 is 2.75 bits per heavy atom. The minimum absolute atomic E-state index is 0.0168. The molecule has 24 heavy (non-hydrogen) atoms. The molecule has 0 aromatic heterocycles. The van der Waals surface area contributed by atoms with E-state index in [0.717, 1.165) is 26.2 Å². The molecule has 2 aliphatic rings. The van der Waals surface area contributed by atoms with E-state index in [4.69, 9.17) is 4.74 Å². The highest BCUT2D eigenvalue weighted by atomic mass is 19.1. The van der Waals surface area contributed by atoms with E-state index in [1.54, 1.807) is 11.0 Å². The number of hydrogen-bond donors (Lipinski definition) is 1. The molecule has 0 saturated carbocycles. The molecule has 6 nitrogen and oxygen atoms in total. The highest BCUT2D eigenvalue weighted by Gasteiger charge is 2.38. The zero-order valence-corrected chi connectivity index (χ0v) is 13.9. The molecule has 1 amide bonds. The zero-order valence-electron chi connectivity index (χ0n) is 13.9. The van der Waals surface area contributed by atoms with E-state index < -0.39 is 11.9 Å². The molecule has 2 atom stereocenters. The van der Waals surface area contributed by atoms with Gasteiger partial charge in [-0.2, -0.15) is 0 Å². The molecule has 1 N–H and O–H groups in total. The van der Waals surface area contributed by atoms with Gasteiger partial charge in [0, 0.05) is 45.3 Å². The lowest BCUT2D eigenvalue weighted by atomic mass is 10.1. The van der Waals surface area contributed by atoms with Gasteiger partial charge in [-0.1, -0.05) is 6.07 Å². The molecule has 1 aromatic carbocycles. The van der Waals surface area contributed by atoms with Crippen molar-refractivity contribution < 1.29 is 19.0 Å². The van der Waals surface area contributed by atoms with Crippen LogP contribution >= 0.6 is 0 Å². The van der Waals surface area contributed by atoms with Gasteiger partial charge in [-0.25, -0.2) is 4.39 Å². The Morgan fingerprint density at radius 1 is 1.29 bits per heavy atom. The maximum Gasteiger partial charge on any atom is 0.260 e. The summed E-state index contributed by atoms with van der Waals surface area (Å²) in [5.41, 5.74) is 0. The fourth-order valence-corrected chi connectivity index (χ4v) is 3.28. The Bertz CT molecular complexity index is 578. The number of rotatable bonds is 4. The Hall–Kier alpha value is -1.70. The SMILES string of the molecule is CN1CCN([C@H]2CN(C(=O)COc3cccc(F)c3)C[C@@H]2O)CC1.